The van der Waals surface area contributed by atoms with Crippen LogP contribution < -0.4 is 10.1 Å². The summed E-state index contributed by atoms with van der Waals surface area (Å²) in [5.74, 6) is 0.887. The summed E-state index contributed by atoms with van der Waals surface area (Å²) in [6.07, 6.45) is 2.98. The molecule has 1 heterocycles. The van der Waals surface area contributed by atoms with Gasteiger partial charge < -0.3 is 10.1 Å². The van der Waals surface area contributed by atoms with Crippen LogP contribution in [0.2, 0.25) is 0 Å². The van der Waals surface area contributed by atoms with Gasteiger partial charge in [-0.1, -0.05) is 17.3 Å². The smallest absolute Gasteiger partial charge is 0.224 e. The van der Waals surface area contributed by atoms with Crippen molar-refractivity contribution in [1.29, 1.82) is 0 Å². The van der Waals surface area contributed by atoms with Crippen molar-refractivity contribution in [1.82, 2.24) is 20.3 Å². The van der Waals surface area contributed by atoms with Crippen LogP contribution in [0.25, 0.3) is 0 Å². The molecule has 1 aromatic heterocycles. The third kappa shape index (κ3) is 3.70. The first kappa shape index (κ1) is 15.5. The van der Waals surface area contributed by atoms with Crippen molar-refractivity contribution in [2.24, 2.45) is 7.05 Å². The summed E-state index contributed by atoms with van der Waals surface area (Å²) in [4.78, 5) is 12.2. The maximum Gasteiger partial charge on any atom is 0.224 e. The number of nitrogens with zero attached hydrogens (tertiary/aromatic N) is 3. The van der Waals surface area contributed by atoms with Crippen LogP contribution in [0.3, 0.4) is 0 Å². The van der Waals surface area contributed by atoms with Crippen LogP contribution in [-0.2, 0) is 31.1 Å². The fourth-order valence-electron chi connectivity index (χ4n) is 2.97. The Morgan fingerprint density at radius 2 is 2.17 bits per heavy atom. The Bertz CT molecular complexity index is 678. The molecule has 23 heavy (non-hydrogen) atoms. The number of amides is 1. The molecule has 1 aromatic carbocycles. The number of nitrogens with one attached hydrogen (secondary N) is 1. The number of hydrogen-bond acceptors (Lipinski definition) is 4. The van der Waals surface area contributed by atoms with Gasteiger partial charge in [-0.2, -0.15) is 0 Å². The molecule has 2 aromatic rings. The van der Waals surface area contributed by atoms with E-state index in [9.17, 15) is 4.79 Å². The van der Waals surface area contributed by atoms with Gasteiger partial charge in [0.25, 0.3) is 0 Å². The second-order valence-electron chi connectivity index (χ2n) is 5.87. The van der Waals surface area contributed by atoms with Gasteiger partial charge >= 0.3 is 0 Å². The monoisotopic (exact) mass is 314 g/mol. The molecule has 0 saturated heterocycles. The minimum atomic E-state index is 0.0535. The highest BCUT2D eigenvalue weighted by atomic mass is 16.5. The Morgan fingerprint density at radius 3 is 2.91 bits per heavy atom. The maximum absolute atomic E-state index is 12.2. The normalized spacial score (nSPS) is 16.7. The number of aryl methyl sites for hydroxylation is 2. The lowest BCUT2D eigenvalue weighted by Gasteiger charge is -2.23. The van der Waals surface area contributed by atoms with Crippen molar-refractivity contribution in [2.75, 3.05) is 6.61 Å². The van der Waals surface area contributed by atoms with E-state index in [2.05, 4.69) is 15.6 Å². The number of rotatable bonds is 5. The standard InChI is InChI=1S/C17H22N4O2/c1-3-23-14-7-4-12(5-8-14)10-17(22)18-13-6-9-15-16(11-13)21(2)20-19-15/h4-5,7-8,13H,3,6,9-11H2,1-2H3,(H,18,22). The molecule has 6 heteroatoms. The maximum atomic E-state index is 12.2. The quantitative estimate of drug-likeness (QED) is 0.906. The highest BCUT2D eigenvalue weighted by Crippen LogP contribution is 2.19. The SMILES string of the molecule is CCOc1ccc(CC(=O)NC2CCc3nnn(C)c3C2)cc1. The molecule has 0 fully saturated rings. The first-order valence-electron chi connectivity index (χ1n) is 8.04. The van der Waals surface area contributed by atoms with Gasteiger partial charge in [-0.3, -0.25) is 9.48 Å². The number of carbonyl (C=O) groups is 1. The van der Waals surface area contributed by atoms with E-state index in [0.29, 0.717) is 13.0 Å². The molecule has 0 radical (unpaired) electrons. The molecule has 0 saturated carbocycles. The van der Waals surface area contributed by atoms with Gasteiger partial charge in [-0.05, 0) is 37.5 Å². The zero-order valence-corrected chi connectivity index (χ0v) is 13.6. The van der Waals surface area contributed by atoms with Crippen molar-refractivity contribution >= 4 is 5.91 Å². The summed E-state index contributed by atoms with van der Waals surface area (Å²) in [7, 11) is 1.90. The third-order valence-electron chi connectivity index (χ3n) is 4.16. The molecule has 6 nitrogen and oxygen atoms in total. The Morgan fingerprint density at radius 1 is 1.39 bits per heavy atom. The molecule has 1 aliphatic carbocycles. The number of ether oxygens (including phenoxy) is 1. The van der Waals surface area contributed by atoms with Crippen LogP contribution in [-0.4, -0.2) is 33.5 Å². The molecule has 0 bridgehead atoms. The van der Waals surface area contributed by atoms with Gasteiger partial charge in [0.05, 0.1) is 24.4 Å². The molecule has 1 amide bonds. The average molecular weight is 314 g/mol. The Balaban J connectivity index is 1.54. The Hall–Kier alpha value is -2.37. The van der Waals surface area contributed by atoms with Crippen molar-refractivity contribution in [3.8, 4) is 5.75 Å². The van der Waals surface area contributed by atoms with Crippen LogP contribution in [0.1, 0.15) is 30.3 Å². The minimum absolute atomic E-state index is 0.0535. The van der Waals surface area contributed by atoms with E-state index in [-0.39, 0.29) is 11.9 Å². The zero-order chi connectivity index (χ0) is 16.2. The summed E-state index contributed by atoms with van der Waals surface area (Å²) in [6.45, 7) is 2.60. The van der Waals surface area contributed by atoms with E-state index < -0.39 is 0 Å². The van der Waals surface area contributed by atoms with Crippen molar-refractivity contribution in [2.45, 2.75) is 38.6 Å². The van der Waals surface area contributed by atoms with Crippen molar-refractivity contribution < 1.29 is 9.53 Å². The summed E-state index contributed by atoms with van der Waals surface area (Å²) >= 11 is 0. The largest absolute Gasteiger partial charge is 0.494 e. The van der Waals surface area contributed by atoms with Crippen LogP contribution in [0.4, 0.5) is 0 Å². The van der Waals surface area contributed by atoms with E-state index in [1.807, 2.05) is 38.2 Å². The van der Waals surface area contributed by atoms with E-state index in [1.54, 1.807) is 4.68 Å². The molecular formula is C17H22N4O2. The first-order valence-corrected chi connectivity index (χ1v) is 8.04. The van der Waals surface area contributed by atoms with Gasteiger partial charge in [0.2, 0.25) is 5.91 Å². The minimum Gasteiger partial charge on any atom is -0.494 e. The number of carbonyl (C=O) groups excluding carboxylic acids is 1. The van der Waals surface area contributed by atoms with Crippen molar-refractivity contribution in [3.05, 3.63) is 41.2 Å². The lowest BCUT2D eigenvalue weighted by molar-refractivity contribution is -0.121. The predicted molar refractivity (Wildman–Crippen MR) is 86.3 cm³/mol. The Labute approximate surface area is 135 Å². The number of hydrogen-bond donors (Lipinski definition) is 1. The first-order chi connectivity index (χ1) is 11.2. The second kappa shape index (κ2) is 6.81. The summed E-state index contributed by atoms with van der Waals surface area (Å²) in [6, 6.07) is 7.85. The number of benzene rings is 1. The number of aromatic nitrogens is 3. The second-order valence-corrected chi connectivity index (χ2v) is 5.87. The van der Waals surface area contributed by atoms with E-state index >= 15 is 0 Å². The average Bonchev–Trinajstić information content (AvgIpc) is 2.90. The van der Waals surface area contributed by atoms with Gasteiger partial charge in [0.1, 0.15) is 5.75 Å². The molecule has 1 unspecified atom stereocenters. The molecule has 1 atom stereocenters. The molecule has 122 valence electrons. The lowest BCUT2D eigenvalue weighted by Crippen LogP contribution is -2.40. The highest BCUT2D eigenvalue weighted by Gasteiger charge is 2.24. The molecule has 0 aliphatic heterocycles. The Kier molecular flexibility index (Phi) is 4.60. The van der Waals surface area contributed by atoms with Gasteiger partial charge in [0, 0.05) is 19.5 Å². The zero-order valence-electron chi connectivity index (χ0n) is 13.6. The van der Waals surface area contributed by atoms with Crippen LogP contribution in [0, 0.1) is 0 Å². The molecule has 0 spiro atoms. The highest BCUT2D eigenvalue weighted by molar-refractivity contribution is 5.79. The van der Waals surface area contributed by atoms with Crippen LogP contribution >= 0.6 is 0 Å². The fraction of sp³-hybridized carbons (Fsp3) is 0.471. The van der Waals surface area contributed by atoms with E-state index in [0.717, 1.165) is 42.0 Å². The summed E-state index contributed by atoms with van der Waals surface area (Å²) < 4.78 is 7.22. The fourth-order valence-corrected chi connectivity index (χ4v) is 2.97. The van der Waals surface area contributed by atoms with Gasteiger partial charge in [-0.25, -0.2) is 0 Å². The summed E-state index contributed by atoms with van der Waals surface area (Å²) in [5.41, 5.74) is 3.18. The topological polar surface area (TPSA) is 69.0 Å². The van der Waals surface area contributed by atoms with Crippen LogP contribution in [0.15, 0.2) is 24.3 Å². The van der Waals surface area contributed by atoms with Gasteiger partial charge in [0.15, 0.2) is 0 Å². The molecule has 1 N–H and O–H groups in total. The number of fused-ring (bicyclic) bond motifs is 1. The molecular weight excluding hydrogens is 292 g/mol. The van der Waals surface area contributed by atoms with E-state index in [4.69, 9.17) is 4.74 Å². The van der Waals surface area contributed by atoms with Crippen molar-refractivity contribution in [3.63, 3.8) is 0 Å². The third-order valence-corrected chi connectivity index (χ3v) is 4.16. The summed E-state index contributed by atoms with van der Waals surface area (Å²) in [5, 5.41) is 11.3. The molecule has 3 rings (SSSR count). The predicted octanol–water partition coefficient (Wildman–Crippen LogP) is 1.43. The van der Waals surface area contributed by atoms with Crippen LogP contribution in [0.5, 0.6) is 5.75 Å². The van der Waals surface area contributed by atoms with E-state index in [1.165, 1.54) is 0 Å². The molecule has 1 aliphatic rings. The van der Waals surface area contributed by atoms with Gasteiger partial charge in [-0.15, -0.1) is 5.10 Å². The lowest BCUT2D eigenvalue weighted by atomic mass is 9.95.